The van der Waals surface area contributed by atoms with E-state index >= 15 is 0 Å². The number of para-hydroxylation sites is 1. The molecule has 1 aromatic carbocycles. The summed E-state index contributed by atoms with van der Waals surface area (Å²) >= 11 is 0. The highest BCUT2D eigenvalue weighted by Gasteiger charge is 2.23. The van der Waals surface area contributed by atoms with E-state index in [1.54, 1.807) is 11.1 Å². The van der Waals surface area contributed by atoms with Crippen LogP contribution < -0.4 is 4.74 Å². The van der Waals surface area contributed by atoms with Crippen LogP contribution in [0, 0.1) is 6.92 Å². The number of rotatable bonds is 6. The lowest BCUT2D eigenvalue weighted by atomic mass is 10.2. The van der Waals surface area contributed by atoms with Gasteiger partial charge in [-0.05, 0) is 31.4 Å². The largest absolute Gasteiger partial charge is 0.493 e. The van der Waals surface area contributed by atoms with Crippen LogP contribution in [0.15, 0.2) is 42.9 Å². The fourth-order valence-corrected chi connectivity index (χ4v) is 3.22. The Morgan fingerprint density at radius 1 is 1.07 bits per heavy atom. The maximum atomic E-state index is 12.5. The monoisotopic (exact) mass is 382 g/mol. The van der Waals surface area contributed by atoms with Crippen molar-refractivity contribution < 1.29 is 14.3 Å². The van der Waals surface area contributed by atoms with Crippen molar-refractivity contribution in [2.75, 3.05) is 32.8 Å². The third kappa shape index (κ3) is 5.28. The van der Waals surface area contributed by atoms with Crippen molar-refractivity contribution in [1.82, 2.24) is 19.8 Å². The lowest BCUT2D eigenvalue weighted by Crippen LogP contribution is -2.37. The first-order valence-corrected chi connectivity index (χ1v) is 9.66. The molecule has 7 heteroatoms. The molecule has 3 rings (SSSR count). The van der Waals surface area contributed by atoms with Crippen LogP contribution in [-0.2, 0) is 4.79 Å². The number of carbonyl (C=O) groups is 2. The van der Waals surface area contributed by atoms with E-state index < -0.39 is 0 Å². The molecule has 0 aliphatic carbocycles. The van der Waals surface area contributed by atoms with Gasteiger partial charge in [0, 0.05) is 45.0 Å². The van der Waals surface area contributed by atoms with Crippen LogP contribution in [0.5, 0.6) is 5.75 Å². The Bertz CT molecular complexity index is 797. The zero-order valence-corrected chi connectivity index (χ0v) is 16.2. The standard InChI is InChI=1S/C21H26N4O3/c1-17-6-2-3-7-19(17)28-15-4-8-20(26)24-11-5-12-25(14-13-24)21(27)18-16-22-9-10-23-18/h2-3,6-7,9-10,16H,4-5,8,11-15H2,1H3. The molecule has 28 heavy (non-hydrogen) atoms. The molecule has 0 saturated carbocycles. The summed E-state index contributed by atoms with van der Waals surface area (Å²) in [6, 6.07) is 7.86. The van der Waals surface area contributed by atoms with Gasteiger partial charge in [-0.2, -0.15) is 0 Å². The summed E-state index contributed by atoms with van der Waals surface area (Å²) in [7, 11) is 0. The number of hydrogen-bond donors (Lipinski definition) is 0. The molecule has 1 saturated heterocycles. The normalized spacial score (nSPS) is 14.5. The van der Waals surface area contributed by atoms with Crippen LogP contribution >= 0.6 is 0 Å². The zero-order valence-electron chi connectivity index (χ0n) is 16.2. The van der Waals surface area contributed by atoms with Crippen LogP contribution in [0.1, 0.15) is 35.3 Å². The molecule has 0 bridgehead atoms. The van der Waals surface area contributed by atoms with Gasteiger partial charge in [0.15, 0.2) is 0 Å². The molecular weight excluding hydrogens is 356 g/mol. The maximum Gasteiger partial charge on any atom is 0.274 e. The van der Waals surface area contributed by atoms with Crippen LogP contribution in [-0.4, -0.2) is 64.4 Å². The Kier molecular flexibility index (Phi) is 6.94. The highest BCUT2D eigenvalue weighted by molar-refractivity contribution is 5.92. The Labute approximate surface area is 165 Å². The quantitative estimate of drug-likeness (QED) is 0.717. The van der Waals surface area contributed by atoms with Gasteiger partial charge in [-0.3, -0.25) is 14.6 Å². The molecule has 2 aromatic rings. The third-order valence-corrected chi connectivity index (χ3v) is 4.80. The molecule has 1 aromatic heterocycles. The molecule has 148 valence electrons. The van der Waals surface area contributed by atoms with Crippen LogP contribution in [0.25, 0.3) is 0 Å². The molecule has 0 N–H and O–H groups in total. The molecule has 0 atom stereocenters. The average Bonchev–Trinajstić information content (AvgIpc) is 2.99. The Hall–Kier alpha value is -2.96. The van der Waals surface area contributed by atoms with E-state index in [1.807, 2.05) is 36.1 Å². The molecule has 0 spiro atoms. The second kappa shape index (κ2) is 9.82. The van der Waals surface area contributed by atoms with Gasteiger partial charge < -0.3 is 14.5 Å². The average molecular weight is 382 g/mol. The van der Waals surface area contributed by atoms with Crippen molar-refractivity contribution in [2.24, 2.45) is 0 Å². The SMILES string of the molecule is Cc1ccccc1OCCCC(=O)N1CCCN(C(=O)c2cnccn2)CC1. The van der Waals surface area contributed by atoms with Crippen molar-refractivity contribution in [3.05, 3.63) is 54.1 Å². The van der Waals surface area contributed by atoms with Gasteiger partial charge >= 0.3 is 0 Å². The molecule has 1 aliphatic rings. The summed E-state index contributed by atoms with van der Waals surface area (Å²) < 4.78 is 5.76. The van der Waals surface area contributed by atoms with Crippen molar-refractivity contribution in [2.45, 2.75) is 26.2 Å². The van der Waals surface area contributed by atoms with Gasteiger partial charge in [-0.15, -0.1) is 0 Å². The predicted molar refractivity (Wildman–Crippen MR) is 105 cm³/mol. The minimum Gasteiger partial charge on any atom is -0.493 e. The fourth-order valence-electron chi connectivity index (χ4n) is 3.22. The van der Waals surface area contributed by atoms with E-state index in [0.717, 1.165) is 17.7 Å². The third-order valence-electron chi connectivity index (χ3n) is 4.80. The summed E-state index contributed by atoms with van der Waals surface area (Å²) in [4.78, 5) is 36.6. The summed E-state index contributed by atoms with van der Waals surface area (Å²) in [5, 5.41) is 0. The molecular formula is C21H26N4O3. The lowest BCUT2D eigenvalue weighted by molar-refractivity contribution is -0.131. The number of benzene rings is 1. The molecule has 0 unspecified atom stereocenters. The first kappa shape index (κ1) is 19.8. The van der Waals surface area contributed by atoms with E-state index in [4.69, 9.17) is 4.74 Å². The second-order valence-electron chi connectivity index (χ2n) is 6.83. The highest BCUT2D eigenvalue weighted by atomic mass is 16.5. The first-order valence-electron chi connectivity index (χ1n) is 9.66. The Balaban J connectivity index is 1.43. The van der Waals surface area contributed by atoms with Crippen molar-refractivity contribution in [1.29, 1.82) is 0 Å². The number of aryl methyl sites for hydroxylation is 1. The summed E-state index contributed by atoms with van der Waals surface area (Å²) in [6.45, 7) is 4.87. The number of hydrogen-bond acceptors (Lipinski definition) is 5. The van der Waals surface area contributed by atoms with E-state index in [9.17, 15) is 9.59 Å². The molecule has 2 amide bonds. The Morgan fingerprint density at radius 2 is 1.86 bits per heavy atom. The number of aromatic nitrogens is 2. The van der Waals surface area contributed by atoms with E-state index in [-0.39, 0.29) is 11.8 Å². The van der Waals surface area contributed by atoms with E-state index in [0.29, 0.717) is 51.3 Å². The van der Waals surface area contributed by atoms with Crippen molar-refractivity contribution in [3.8, 4) is 5.75 Å². The number of ether oxygens (including phenoxy) is 1. The summed E-state index contributed by atoms with van der Waals surface area (Å²) in [6.07, 6.45) is 6.42. The van der Waals surface area contributed by atoms with Gasteiger partial charge in [-0.1, -0.05) is 18.2 Å². The molecule has 1 aliphatic heterocycles. The van der Waals surface area contributed by atoms with Crippen molar-refractivity contribution >= 4 is 11.8 Å². The van der Waals surface area contributed by atoms with E-state index in [1.165, 1.54) is 12.4 Å². The minimum absolute atomic E-state index is 0.113. The summed E-state index contributed by atoms with van der Waals surface area (Å²) in [5.41, 5.74) is 1.44. The number of nitrogens with zero attached hydrogens (tertiary/aromatic N) is 4. The molecule has 1 fully saturated rings. The Morgan fingerprint density at radius 3 is 2.64 bits per heavy atom. The molecule has 0 radical (unpaired) electrons. The van der Waals surface area contributed by atoms with Crippen LogP contribution in [0.3, 0.4) is 0 Å². The van der Waals surface area contributed by atoms with Crippen LogP contribution in [0.2, 0.25) is 0 Å². The number of amides is 2. The predicted octanol–water partition coefficient (Wildman–Crippen LogP) is 2.32. The summed E-state index contributed by atoms with van der Waals surface area (Å²) in [5.74, 6) is 0.846. The minimum atomic E-state index is -0.131. The van der Waals surface area contributed by atoms with Crippen LogP contribution in [0.4, 0.5) is 0 Å². The fraction of sp³-hybridized carbons (Fsp3) is 0.429. The van der Waals surface area contributed by atoms with Gasteiger partial charge in [0.25, 0.3) is 5.91 Å². The highest BCUT2D eigenvalue weighted by Crippen LogP contribution is 2.16. The second-order valence-corrected chi connectivity index (χ2v) is 6.83. The number of carbonyl (C=O) groups excluding carboxylic acids is 2. The lowest BCUT2D eigenvalue weighted by Gasteiger charge is -2.22. The molecule has 2 heterocycles. The van der Waals surface area contributed by atoms with Gasteiger partial charge in [0.2, 0.25) is 5.91 Å². The zero-order chi connectivity index (χ0) is 19.8. The smallest absolute Gasteiger partial charge is 0.274 e. The van der Waals surface area contributed by atoms with Gasteiger partial charge in [-0.25, -0.2) is 4.98 Å². The first-order chi connectivity index (χ1) is 13.6. The van der Waals surface area contributed by atoms with Crippen molar-refractivity contribution in [3.63, 3.8) is 0 Å². The van der Waals surface area contributed by atoms with E-state index in [2.05, 4.69) is 9.97 Å². The van der Waals surface area contributed by atoms with Gasteiger partial charge in [0.1, 0.15) is 11.4 Å². The maximum absolute atomic E-state index is 12.5. The molecule has 7 nitrogen and oxygen atoms in total. The topological polar surface area (TPSA) is 75.6 Å². The van der Waals surface area contributed by atoms with Gasteiger partial charge in [0.05, 0.1) is 12.8 Å².